The Hall–Kier alpha value is -13.2. The van der Waals surface area contributed by atoms with E-state index in [0.29, 0.717) is 113 Å². The van der Waals surface area contributed by atoms with E-state index < -0.39 is 35.5 Å². The number of ether oxygens (including phenoxy) is 3. The summed E-state index contributed by atoms with van der Waals surface area (Å²) in [5.41, 5.74) is 12.8. The van der Waals surface area contributed by atoms with Crippen LogP contribution in [0.4, 0.5) is 48.9 Å². The van der Waals surface area contributed by atoms with Crippen molar-refractivity contribution in [3.63, 3.8) is 0 Å². The molecule has 0 unspecified atom stereocenters. The average molecular weight is 1860 g/mol. The second-order valence-corrected chi connectivity index (χ2v) is 43.2. The van der Waals surface area contributed by atoms with Crippen LogP contribution in [0.3, 0.4) is 0 Å². The predicted octanol–water partition coefficient (Wildman–Crippen LogP) is 16.3. The number of benzene rings is 7. The molecule has 0 saturated carbocycles. The highest BCUT2D eigenvalue weighted by atomic mass is 32.2. The third-order valence-corrected chi connectivity index (χ3v) is 27.6. The predicted molar refractivity (Wildman–Crippen MR) is 524 cm³/mol. The first kappa shape index (κ1) is 95.9. The fraction of sp³-hybridized carbons (Fsp3) is 0.330. The minimum Gasteiger partial charge on any atom is -0.493 e. The van der Waals surface area contributed by atoms with Gasteiger partial charge in [0.25, 0.3) is 0 Å². The van der Waals surface area contributed by atoms with Gasteiger partial charge in [-0.2, -0.15) is 15.3 Å². The smallest absolute Gasteiger partial charge is 0.324 e. The van der Waals surface area contributed by atoms with Gasteiger partial charge >= 0.3 is 18.1 Å². The largest absolute Gasteiger partial charge is 0.493 e. The number of pyridine rings is 3. The Kier molecular flexibility index (Phi) is 31.0. The number of amides is 6. The zero-order valence-corrected chi connectivity index (χ0v) is 79.0. The second kappa shape index (κ2) is 43.0. The topological polar surface area (TPSA) is 355 Å². The molecule has 0 atom stereocenters. The Balaban J connectivity index is 0.000000161. The number of hydrogen-bond acceptors (Lipinski definition) is 21. The van der Waals surface area contributed by atoms with Crippen LogP contribution in [0.5, 0.6) is 17.2 Å². The van der Waals surface area contributed by atoms with E-state index in [1.807, 2.05) is 200 Å². The molecule has 3 aliphatic heterocycles. The van der Waals surface area contributed by atoms with Crippen LogP contribution in [0, 0.1) is 0 Å². The Bertz CT molecular complexity index is 6180. The van der Waals surface area contributed by atoms with Crippen LogP contribution in [0.25, 0.3) is 27.8 Å². The molecule has 696 valence electrons. The van der Waals surface area contributed by atoms with E-state index in [9.17, 15) is 39.6 Å². The quantitative estimate of drug-likeness (QED) is 0.0278. The van der Waals surface area contributed by atoms with Crippen molar-refractivity contribution < 1.29 is 53.8 Å². The molecule has 0 radical (unpaired) electrons. The van der Waals surface area contributed by atoms with E-state index in [2.05, 4.69) is 124 Å². The molecule has 7 aromatic carbocycles. The van der Waals surface area contributed by atoms with Crippen LogP contribution in [0.15, 0.2) is 250 Å². The zero-order valence-electron chi connectivity index (χ0n) is 76.5. The molecular formula is C100H116N18O12S3. The number of anilines is 6. The maximum Gasteiger partial charge on any atom is 0.324 e. The molecule has 9 heterocycles. The van der Waals surface area contributed by atoms with Gasteiger partial charge in [-0.25, -0.2) is 53.7 Å². The molecular weight excluding hydrogens is 1740 g/mol. The van der Waals surface area contributed by atoms with Crippen LogP contribution in [-0.2, 0) is 84.7 Å². The van der Waals surface area contributed by atoms with Gasteiger partial charge in [0.2, 0.25) is 0 Å². The average Bonchev–Trinajstić information content (AvgIpc) is 1.78. The Labute approximate surface area is 778 Å². The Morgan fingerprint density at radius 3 is 1.02 bits per heavy atom. The molecule has 30 nitrogen and oxygen atoms in total. The zero-order chi connectivity index (χ0) is 93.9. The van der Waals surface area contributed by atoms with E-state index in [1.165, 1.54) is 0 Å². The number of aromatic nitrogens is 9. The highest BCUT2D eigenvalue weighted by Gasteiger charge is 2.29. The number of hydrogen-bond donors (Lipinski definition) is 6. The molecule has 0 spiro atoms. The van der Waals surface area contributed by atoms with Gasteiger partial charge in [-0.15, -0.1) is 0 Å². The molecule has 6 amide bonds. The monoisotopic (exact) mass is 1860 g/mol. The van der Waals surface area contributed by atoms with Crippen molar-refractivity contribution in [2.24, 2.45) is 0 Å². The number of urea groups is 3. The SMILES string of the molecule is CC(C)(C)c1cc(NC(=O)Nc2ccc(OCCc3cccnc3)c3ccccc23)n(-c2ccc(CN3CCS(=O)(=O)CC3)cc2)n1.CC(C)(C)c1cc(NC(=O)Nc2ccc(OCCc3cccnc3)cc2)n(-c2ccc(CN3CCS(=O)(=O)CC3)cc2)n1.CC(C)(C)c1cc(NC(=O)Nc2ccc(OCCc3ccncc3)cc2)n(-c2ccc(CN3CCS(=O)(=O)CC3)cc2)n1. The summed E-state index contributed by atoms with van der Waals surface area (Å²) in [7, 11) is -8.74. The molecule has 3 fully saturated rings. The minimum atomic E-state index is -2.92. The number of carbonyl (C=O) groups excluding carboxylic acids is 3. The molecule has 33 heteroatoms. The van der Waals surface area contributed by atoms with Gasteiger partial charge in [-0.05, 0) is 155 Å². The second-order valence-electron chi connectivity index (χ2n) is 36.3. The summed E-state index contributed by atoms with van der Waals surface area (Å²) < 4.78 is 93.6. The lowest BCUT2D eigenvalue weighted by atomic mass is 9.92. The number of nitrogens with zero attached hydrogens (tertiary/aromatic N) is 12. The molecule has 0 bridgehead atoms. The van der Waals surface area contributed by atoms with Crippen molar-refractivity contribution >= 4 is 92.9 Å². The first-order chi connectivity index (χ1) is 63.6. The molecule has 3 aliphatic rings. The maximum atomic E-state index is 13.5. The van der Waals surface area contributed by atoms with E-state index >= 15 is 0 Å². The van der Waals surface area contributed by atoms with Gasteiger partial charge in [0.05, 0.1) is 94.2 Å². The van der Waals surface area contributed by atoms with Crippen molar-refractivity contribution in [1.29, 1.82) is 0 Å². The van der Waals surface area contributed by atoms with Gasteiger partial charge in [-0.1, -0.05) is 135 Å². The molecule has 16 rings (SSSR count). The van der Waals surface area contributed by atoms with Gasteiger partial charge in [-0.3, -0.25) is 45.6 Å². The van der Waals surface area contributed by atoms with Gasteiger partial charge in [0.1, 0.15) is 34.7 Å². The highest BCUT2D eigenvalue weighted by molar-refractivity contribution is 7.92. The van der Waals surface area contributed by atoms with Gasteiger partial charge in [0, 0.05) is 172 Å². The number of carbonyl (C=O) groups is 3. The van der Waals surface area contributed by atoms with Crippen LogP contribution in [0.1, 0.15) is 113 Å². The lowest BCUT2D eigenvalue weighted by Crippen LogP contribution is -2.39. The number of sulfone groups is 3. The fourth-order valence-electron chi connectivity index (χ4n) is 14.9. The van der Waals surface area contributed by atoms with Crippen molar-refractivity contribution in [2.45, 2.75) is 117 Å². The number of rotatable bonds is 27. The van der Waals surface area contributed by atoms with E-state index in [0.717, 1.165) is 115 Å². The third kappa shape index (κ3) is 28.0. The van der Waals surface area contributed by atoms with Crippen molar-refractivity contribution in [3.8, 4) is 34.3 Å². The summed E-state index contributed by atoms with van der Waals surface area (Å²) in [6.07, 6.45) is 13.0. The lowest BCUT2D eigenvalue weighted by Gasteiger charge is -2.26. The molecule has 6 N–H and O–H groups in total. The summed E-state index contributed by atoms with van der Waals surface area (Å²) in [5.74, 6) is 5.05. The van der Waals surface area contributed by atoms with Crippen molar-refractivity contribution in [3.05, 3.63) is 300 Å². The first-order valence-corrected chi connectivity index (χ1v) is 50.0. The standard InChI is InChI=1S/C36H40N6O4S.2C32H38N6O4S/c1-36(2,3)33-23-34(42(40-33)28-12-10-27(11-13-28)25-41-18-21-47(44,45)22-19-41)39-35(43)38-31-14-15-32(30-9-5-4-8-29(30)31)46-20-16-26-7-6-17-37-24-26;1-32(2,3)29-22-30(38(36-29)27-8-4-25(5-9-27)23-37-17-20-43(40,41)21-18-37)35-31(39)34-26-6-10-28(11-7-26)42-19-14-24-12-15-33-16-13-24;1-32(2,3)29-21-30(38(36-29)27-10-6-25(7-11-27)23-37-16-19-43(40,41)20-17-37)35-31(39)34-26-8-12-28(13-9-26)42-18-14-24-5-4-15-33-22-24/h4-15,17,23-24H,16,18-22,25H2,1-3H3,(H2,38,39,43);4-13,15-16,22H,14,17-21,23H2,1-3H3,(H2,34,35,39);4-13,15,21-22H,14,16-20,23H2,1-3H3,(H2,34,35,39). The van der Waals surface area contributed by atoms with Gasteiger partial charge < -0.3 is 30.2 Å². The first-order valence-electron chi connectivity index (χ1n) is 44.5. The third-order valence-electron chi connectivity index (χ3n) is 22.7. The summed E-state index contributed by atoms with van der Waals surface area (Å²) in [5, 5.41) is 34.0. The maximum absolute atomic E-state index is 13.5. The summed E-state index contributed by atoms with van der Waals surface area (Å²) >= 11 is 0. The Morgan fingerprint density at radius 2 is 0.669 bits per heavy atom. The molecule has 6 aromatic heterocycles. The fourth-order valence-corrected chi connectivity index (χ4v) is 18.8. The summed E-state index contributed by atoms with van der Waals surface area (Å²) in [4.78, 5) is 58.3. The highest BCUT2D eigenvalue weighted by Crippen LogP contribution is 2.35. The lowest BCUT2D eigenvalue weighted by molar-refractivity contribution is 0.261. The molecule has 13 aromatic rings. The number of nitrogens with one attached hydrogen (secondary N) is 6. The van der Waals surface area contributed by atoms with E-state index in [-0.39, 0.29) is 62.8 Å². The molecule has 133 heavy (non-hydrogen) atoms. The van der Waals surface area contributed by atoms with Crippen LogP contribution < -0.4 is 46.1 Å². The summed E-state index contributed by atoms with van der Waals surface area (Å²) in [6.45, 7) is 25.6. The normalized spacial score (nSPS) is 15.1. The number of fused-ring (bicyclic) bond motifs is 1. The minimum absolute atomic E-state index is 0.200. The van der Waals surface area contributed by atoms with Crippen molar-refractivity contribution in [1.82, 2.24) is 59.0 Å². The molecule has 3 saturated heterocycles. The van der Waals surface area contributed by atoms with Gasteiger partial charge in [0.15, 0.2) is 29.5 Å². The van der Waals surface area contributed by atoms with E-state index in [1.54, 1.807) is 63.1 Å². The van der Waals surface area contributed by atoms with E-state index in [4.69, 9.17) is 29.5 Å². The Morgan fingerprint density at radius 1 is 0.331 bits per heavy atom. The van der Waals surface area contributed by atoms with Crippen LogP contribution >= 0.6 is 0 Å². The van der Waals surface area contributed by atoms with Crippen LogP contribution in [-0.4, -0.2) is 196 Å². The van der Waals surface area contributed by atoms with Crippen LogP contribution in [0.2, 0.25) is 0 Å². The van der Waals surface area contributed by atoms with Crippen molar-refractivity contribution in [2.75, 3.05) is 126 Å². The summed E-state index contributed by atoms with van der Waals surface area (Å²) in [6, 6.07) is 66.3. The molecule has 0 aliphatic carbocycles.